The summed E-state index contributed by atoms with van der Waals surface area (Å²) < 4.78 is 5.43. The number of amides is 2. The lowest BCUT2D eigenvalue weighted by Gasteiger charge is -2.27. The van der Waals surface area contributed by atoms with Gasteiger partial charge in [0.05, 0.1) is 0 Å². The number of nitrogens with zero attached hydrogens (tertiary/aromatic N) is 2. The molecule has 1 fully saturated rings. The van der Waals surface area contributed by atoms with Crippen molar-refractivity contribution < 1.29 is 14.3 Å². The molecule has 1 heterocycles. The van der Waals surface area contributed by atoms with E-state index in [4.69, 9.17) is 4.74 Å². The Hall–Kier alpha value is -1.26. The maximum Gasteiger partial charge on any atom is 0.410 e. The highest BCUT2D eigenvalue weighted by molar-refractivity contribution is 5.79. The minimum atomic E-state index is -0.480. The smallest absolute Gasteiger partial charge is 0.410 e. The van der Waals surface area contributed by atoms with Gasteiger partial charge in [0.15, 0.2) is 0 Å². The van der Waals surface area contributed by atoms with Gasteiger partial charge in [0.1, 0.15) is 5.60 Å². The lowest BCUT2D eigenvalue weighted by molar-refractivity contribution is -0.135. The first kappa shape index (κ1) is 19.8. The van der Waals surface area contributed by atoms with Crippen LogP contribution >= 0.6 is 0 Å². The van der Waals surface area contributed by atoms with Crippen molar-refractivity contribution in [2.75, 3.05) is 26.2 Å². The summed E-state index contributed by atoms with van der Waals surface area (Å²) in [6.45, 7) is 12.4. The van der Waals surface area contributed by atoms with Crippen LogP contribution in [0.4, 0.5) is 4.79 Å². The molecule has 0 N–H and O–H groups in total. The Morgan fingerprint density at radius 3 is 2.22 bits per heavy atom. The van der Waals surface area contributed by atoms with Gasteiger partial charge in [-0.3, -0.25) is 4.79 Å². The van der Waals surface area contributed by atoms with Crippen LogP contribution in [0.2, 0.25) is 0 Å². The molecule has 0 aromatic heterocycles. The molecule has 134 valence electrons. The Morgan fingerprint density at radius 1 is 1.04 bits per heavy atom. The molecular weight excluding hydrogens is 292 g/mol. The molecular formula is C18H34N2O3. The minimum Gasteiger partial charge on any atom is -0.444 e. The molecule has 0 aromatic rings. The fourth-order valence-electron chi connectivity index (χ4n) is 2.86. The zero-order valence-electron chi connectivity index (χ0n) is 15.6. The number of hydrogen-bond acceptors (Lipinski definition) is 3. The summed E-state index contributed by atoms with van der Waals surface area (Å²) in [7, 11) is 0. The lowest BCUT2D eigenvalue weighted by Crippen LogP contribution is -2.41. The van der Waals surface area contributed by atoms with E-state index in [1.807, 2.05) is 25.7 Å². The van der Waals surface area contributed by atoms with E-state index < -0.39 is 5.60 Å². The molecule has 5 heteroatoms. The fourth-order valence-corrected chi connectivity index (χ4v) is 2.86. The molecule has 1 atom stereocenters. The van der Waals surface area contributed by atoms with Crippen molar-refractivity contribution >= 4 is 12.0 Å². The summed E-state index contributed by atoms with van der Waals surface area (Å²) in [5, 5.41) is 0. The van der Waals surface area contributed by atoms with Crippen molar-refractivity contribution in [1.82, 2.24) is 9.80 Å². The van der Waals surface area contributed by atoms with Gasteiger partial charge in [0, 0.05) is 32.1 Å². The second-order valence-electron chi connectivity index (χ2n) is 7.39. The molecule has 1 saturated heterocycles. The van der Waals surface area contributed by atoms with Gasteiger partial charge in [0.25, 0.3) is 0 Å². The predicted octanol–water partition coefficient (Wildman–Crippen LogP) is 3.67. The summed E-state index contributed by atoms with van der Waals surface area (Å²) in [4.78, 5) is 28.5. The van der Waals surface area contributed by atoms with Crippen LogP contribution < -0.4 is 0 Å². The summed E-state index contributed by atoms with van der Waals surface area (Å²) in [5.74, 6) is 0.384. The Bertz CT molecular complexity index is 390. The zero-order valence-corrected chi connectivity index (χ0v) is 15.6. The maximum absolute atomic E-state index is 12.7. The topological polar surface area (TPSA) is 49.9 Å². The van der Waals surface area contributed by atoms with Crippen LogP contribution in [0.25, 0.3) is 0 Å². The molecule has 2 amide bonds. The molecule has 0 spiro atoms. The van der Waals surface area contributed by atoms with Crippen LogP contribution in [-0.4, -0.2) is 53.6 Å². The molecule has 0 aromatic carbocycles. The van der Waals surface area contributed by atoms with Crippen molar-refractivity contribution in [1.29, 1.82) is 0 Å². The molecule has 1 aliphatic heterocycles. The monoisotopic (exact) mass is 326 g/mol. The summed E-state index contributed by atoms with van der Waals surface area (Å²) >= 11 is 0. The van der Waals surface area contributed by atoms with E-state index in [2.05, 4.69) is 13.8 Å². The molecule has 0 saturated carbocycles. The Morgan fingerprint density at radius 2 is 1.65 bits per heavy atom. The second-order valence-corrected chi connectivity index (χ2v) is 7.39. The molecule has 0 aliphatic carbocycles. The average Bonchev–Trinajstić information content (AvgIpc) is 2.72. The lowest BCUT2D eigenvalue weighted by atomic mass is 9.97. The van der Waals surface area contributed by atoms with Gasteiger partial charge in [-0.05, 0) is 40.0 Å². The largest absolute Gasteiger partial charge is 0.444 e. The van der Waals surface area contributed by atoms with E-state index >= 15 is 0 Å². The quantitative estimate of drug-likeness (QED) is 0.774. The molecule has 1 unspecified atom stereocenters. The molecule has 1 aliphatic rings. The first-order valence-corrected chi connectivity index (χ1v) is 9.05. The Kier molecular flexibility index (Phi) is 7.86. The van der Waals surface area contributed by atoms with E-state index in [1.54, 1.807) is 4.90 Å². The molecule has 23 heavy (non-hydrogen) atoms. The third-order valence-corrected chi connectivity index (χ3v) is 4.21. The van der Waals surface area contributed by atoms with Gasteiger partial charge >= 0.3 is 6.09 Å². The maximum atomic E-state index is 12.7. The molecule has 1 rings (SSSR count). The van der Waals surface area contributed by atoms with E-state index in [0.717, 1.165) is 38.6 Å². The third kappa shape index (κ3) is 6.80. The van der Waals surface area contributed by atoms with Gasteiger partial charge in [-0.25, -0.2) is 4.79 Å². The second kappa shape index (κ2) is 9.14. The average molecular weight is 326 g/mol. The Labute approximate surface area is 141 Å². The number of unbranched alkanes of at least 4 members (excludes halogenated alkanes) is 1. The van der Waals surface area contributed by atoms with Gasteiger partial charge in [-0.15, -0.1) is 0 Å². The number of ether oxygens (including phenoxy) is 1. The van der Waals surface area contributed by atoms with Gasteiger partial charge in [-0.2, -0.15) is 0 Å². The number of carbonyl (C=O) groups is 2. The molecule has 0 bridgehead atoms. The van der Waals surface area contributed by atoms with Crippen molar-refractivity contribution in [3.63, 3.8) is 0 Å². The highest BCUT2D eigenvalue weighted by atomic mass is 16.6. The summed E-state index contributed by atoms with van der Waals surface area (Å²) in [6, 6.07) is 0. The van der Waals surface area contributed by atoms with E-state index in [1.165, 1.54) is 0 Å². The van der Waals surface area contributed by atoms with Crippen LogP contribution in [0.1, 0.15) is 66.7 Å². The van der Waals surface area contributed by atoms with Crippen molar-refractivity contribution in [3.8, 4) is 0 Å². The van der Waals surface area contributed by atoms with Crippen molar-refractivity contribution in [2.45, 2.75) is 72.3 Å². The first-order chi connectivity index (χ1) is 10.8. The number of rotatable bonds is 5. The Balaban J connectivity index is 2.57. The van der Waals surface area contributed by atoms with Crippen LogP contribution in [0.3, 0.4) is 0 Å². The zero-order chi connectivity index (χ0) is 17.5. The molecule has 0 radical (unpaired) electrons. The van der Waals surface area contributed by atoms with Crippen LogP contribution in [0.15, 0.2) is 0 Å². The predicted molar refractivity (Wildman–Crippen MR) is 92.3 cm³/mol. The SMILES string of the molecule is CCCCC(CC)C(=O)N1CCCN(C(=O)OC(C)(C)C)CC1. The minimum absolute atomic E-state index is 0.128. The van der Waals surface area contributed by atoms with Crippen LogP contribution in [0.5, 0.6) is 0 Å². The van der Waals surface area contributed by atoms with Crippen LogP contribution in [-0.2, 0) is 9.53 Å². The van der Waals surface area contributed by atoms with Crippen LogP contribution in [0, 0.1) is 5.92 Å². The first-order valence-electron chi connectivity index (χ1n) is 9.05. The molecule has 5 nitrogen and oxygen atoms in total. The number of carbonyl (C=O) groups excluding carboxylic acids is 2. The summed E-state index contributed by atoms with van der Waals surface area (Å²) in [5.41, 5.74) is -0.480. The van der Waals surface area contributed by atoms with E-state index in [-0.39, 0.29) is 17.9 Å². The van der Waals surface area contributed by atoms with Crippen molar-refractivity contribution in [2.24, 2.45) is 5.92 Å². The van der Waals surface area contributed by atoms with Gasteiger partial charge in [0.2, 0.25) is 5.91 Å². The fraction of sp³-hybridized carbons (Fsp3) is 0.889. The number of hydrogen-bond donors (Lipinski definition) is 0. The summed E-state index contributed by atoms with van der Waals surface area (Å²) in [6.07, 6.45) is 4.63. The third-order valence-electron chi connectivity index (χ3n) is 4.21. The van der Waals surface area contributed by atoms with Crippen molar-refractivity contribution in [3.05, 3.63) is 0 Å². The standard InChI is InChI=1S/C18H34N2O3/c1-6-8-10-15(7-2)16(21)19-11-9-12-20(14-13-19)17(22)23-18(3,4)5/h15H,6-14H2,1-5H3. The normalized spacial score (nSPS) is 17.6. The van der Waals surface area contributed by atoms with E-state index in [0.29, 0.717) is 19.6 Å². The highest BCUT2D eigenvalue weighted by Gasteiger charge is 2.28. The highest BCUT2D eigenvalue weighted by Crippen LogP contribution is 2.18. The van der Waals surface area contributed by atoms with Gasteiger partial charge in [-0.1, -0.05) is 26.7 Å². The van der Waals surface area contributed by atoms with E-state index in [9.17, 15) is 9.59 Å². The van der Waals surface area contributed by atoms with Gasteiger partial charge < -0.3 is 14.5 Å².